The summed E-state index contributed by atoms with van der Waals surface area (Å²) < 4.78 is 49.7. The molecule has 0 fully saturated rings. The molecule has 1 amide bonds. The van der Waals surface area contributed by atoms with E-state index in [0.717, 1.165) is 19.2 Å². The Kier molecular flexibility index (Phi) is 9.41. The zero-order chi connectivity index (χ0) is 31.0. The van der Waals surface area contributed by atoms with Gasteiger partial charge in [-0.05, 0) is 61.0 Å². The van der Waals surface area contributed by atoms with Crippen molar-refractivity contribution in [3.63, 3.8) is 0 Å². The highest BCUT2D eigenvalue weighted by Crippen LogP contribution is 2.34. The topological polar surface area (TPSA) is 112 Å². The second-order valence-corrected chi connectivity index (χ2v) is 8.83. The lowest BCUT2D eigenvalue weighted by Crippen LogP contribution is -2.20. The third-order valence-electron chi connectivity index (χ3n) is 6.06. The Morgan fingerprint density at radius 2 is 1.72 bits per heavy atom. The van der Waals surface area contributed by atoms with Crippen molar-refractivity contribution in [1.29, 1.82) is 0 Å². The van der Waals surface area contributed by atoms with E-state index in [0.29, 0.717) is 39.3 Å². The molecule has 2 N–H and O–H groups in total. The van der Waals surface area contributed by atoms with Crippen molar-refractivity contribution < 1.29 is 22.7 Å². The Labute approximate surface area is 245 Å². The molecular formula is C30H27F3N8O2. The van der Waals surface area contributed by atoms with Gasteiger partial charge in [-0.2, -0.15) is 23.3 Å². The van der Waals surface area contributed by atoms with Crippen molar-refractivity contribution >= 4 is 17.5 Å². The fourth-order valence-electron chi connectivity index (χ4n) is 4.11. The minimum Gasteiger partial charge on any atom is -0.497 e. The van der Waals surface area contributed by atoms with Crippen LogP contribution in [0.2, 0.25) is 0 Å². The number of ether oxygens (including phenoxy) is 1. The van der Waals surface area contributed by atoms with E-state index in [-0.39, 0.29) is 5.69 Å². The average Bonchev–Trinajstić information content (AvgIpc) is 3.70. The maximum atomic E-state index is 14.1. The molecule has 0 radical (unpaired) electrons. The second kappa shape index (κ2) is 13.3. The highest BCUT2D eigenvalue weighted by Gasteiger charge is 2.40. The van der Waals surface area contributed by atoms with Gasteiger partial charge in [0.25, 0.3) is 5.91 Å². The molecule has 0 aliphatic heterocycles. The zero-order valence-corrected chi connectivity index (χ0v) is 23.2. The van der Waals surface area contributed by atoms with E-state index in [9.17, 15) is 18.0 Å². The van der Waals surface area contributed by atoms with Crippen LogP contribution in [0.4, 0.5) is 24.8 Å². The molecule has 0 aliphatic rings. The predicted octanol–water partition coefficient (Wildman–Crippen LogP) is 5.87. The number of benzene rings is 2. The SMILES string of the molecule is C#C.CCCNc1nccc(-n2ccnc2-c2ccc(NC(=O)c3cnn(-c4ccc(OC)cc4)c3C(F)(F)F)cc2)n1. The summed E-state index contributed by atoms with van der Waals surface area (Å²) in [6.07, 6.45) is 10.0. The lowest BCUT2D eigenvalue weighted by atomic mass is 10.1. The molecule has 0 spiro atoms. The number of imidazole rings is 1. The van der Waals surface area contributed by atoms with Gasteiger partial charge < -0.3 is 15.4 Å². The van der Waals surface area contributed by atoms with Crippen LogP contribution < -0.4 is 15.4 Å². The number of rotatable bonds is 9. The summed E-state index contributed by atoms with van der Waals surface area (Å²) in [5.74, 6) is 1.22. The number of carbonyl (C=O) groups excluding carboxylic acids is 1. The van der Waals surface area contributed by atoms with Gasteiger partial charge in [0.05, 0.1) is 24.6 Å². The van der Waals surface area contributed by atoms with Crippen LogP contribution in [-0.4, -0.2) is 48.9 Å². The van der Waals surface area contributed by atoms with E-state index in [1.807, 2.05) is 6.92 Å². The number of anilines is 2. The largest absolute Gasteiger partial charge is 0.497 e. The van der Waals surface area contributed by atoms with Crippen molar-refractivity contribution in [1.82, 2.24) is 29.3 Å². The maximum absolute atomic E-state index is 14.1. The molecule has 0 unspecified atom stereocenters. The number of nitrogens with zero attached hydrogens (tertiary/aromatic N) is 6. The summed E-state index contributed by atoms with van der Waals surface area (Å²) in [5.41, 5.74) is -0.650. The highest BCUT2D eigenvalue weighted by atomic mass is 19.4. The van der Waals surface area contributed by atoms with Crippen LogP contribution >= 0.6 is 0 Å². The van der Waals surface area contributed by atoms with Gasteiger partial charge in [0, 0.05) is 36.4 Å². The molecular weight excluding hydrogens is 561 g/mol. The van der Waals surface area contributed by atoms with Gasteiger partial charge in [-0.1, -0.05) is 6.92 Å². The molecule has 13 heteroatoms. The molecule has 0 atom stereocenters. The third kappa shape index (κ3) is 6.82. The van der Waals surface area contributed by atoms with Crippen molar-refractivity contribution in [3.05, 3.63) is 90.6 Å². The van der Waals surface area contributed by atoms with E-state index >= 15 is 0 Å². The van der Waals surface area contributed by atoms with E-state index in [2.05, 4.69) is 43.5 Å². The van der Waals surface area contributed by atoms with Crippen LogP contribution in [0.1, 0.15) is 29.4 Å². The van der Waals surface area contributed by atoms with Crippen LogP contribution in [0, 0.1) is 12.8 Å². The number of hydrogen-bond donors (Lipinski definition) is 2. The standard InChI is InChI=1S/C28H25F3N8O2.C2H2/c1-3-13-33-27-34-14-12-23(37-27)38-16-15-32-25(38)18-4-6-19(7-5-18)36-26(40)22-17-35-39(24(22)28(29,30)31)20-8-10-21(41-2)11-9-20;1-2/h4-12,14-17H,3,13H2,1-2H3,(H,36,40)(H,33,34,37);1-2H. The number of hydrogen-bond acceptors (Lipinski definition) is 7. The minimum absolute atomic E-state index is 0.133. The summed E-state index contributed by atoms with van der Waals surface area (Å²) in [7, 11) is 1.45. The summed E-state index contributed by atoms with van der Waals surface area (Å²) in [5, 5.41) is 9.53. The molecule has 5 aromatic rings. The van der Waals surface area contributed by atoms with Crippen LogP contribution in [0.5, 0.6) is 5.75 Å². The number of aromatic nitrogens is 6. The lowest BCUT2D eigenvalue weighted by molar-refractivity contribution is -0.143. The number of halogens is 3. The van der Waals surface area contributed by atoms with E-state index < -0.39 is 23.3 Å². The summed E-state index contributed by atoms with van der Waals surface area (Å²) >= 11 is 0. The average molecular weight is 589 g/mol. The Hall–Kier alpha value is -5.64. The summed E-state index contributed by atoms with van der Waals surface area (Å²) in [6, 6.07) is 14.2. The first-order valence-corrected chi connectivity index (χ1v) is 12.9. The first kappa shape index (κ1) is 30.3. The normalized spacial score (nSPS) is 10.9. The highest BCUT2D eigenvalue weighted by molar-refractivity contribution is 6.05. The Morgan fingerprint density at radius 1 is 1.00 bits per heavy atom. The minimum atomic E-state index is -4.84. The van der Waals surface area contributed by atoms with Crippen LogP contribution in [0.15, 0.2) is 79.4 Å². The molecule has 10 nitrogen and oxygen atoms in total. The third-order valence-corrected chi connectivity index (χ3v) is 6.06. The summed E-state index contributed by atoms with van der Waals surface area (Å²) in [4.78, 5) is 26.1. The maximum Gasteiger partial charge on any atom is 0.434 e. The first-order valence-electron chi connectivity index (χ1n) is 12.9. The number of terminal acetylenes is 1. The number of nitrogens with one attached hydrogen (secondary N) is 2. The quantitative estimate of drug-likeness (QED) is 0.207. The Bertz CT molecular complexity index is 1690. The molecule has 3 aromatic heterocycles. The van der Waals surface area contributed by atoms with Gasteiger partial charge in [-0.15, -0.1) is 12.8 Å². The number of amides is 1. The van der Waals surface area contributed by atoms with Gasteiger partial charge in [0.15, 0.2) is 5.69 Å². The zero-order valence-electron chi connectivity index (χ0n) is 23.2. The van der Waals surface area contributed by atoms with Gasteiger partial charge in [-0.25, -0.2) is 14.6 Å². The van der Waals surface area contributed by atoms with Gasteiger partial charge in [0.1, 0.15) is 17.4 Å². The monoisotopic (exact) mass is 588 g/mol. The molecule has 3 heterocycles. The number of alkyl halides is 3. The molecule has 43 heavy (non-hydrogen) atoms. The predicted molar refractivity (Wildman–Crippen MR) is 156 cm³/mol. The molecule has 2 aromatic carbocycles. The molecule has 0 saturated heterocycles. The Morgan fingerprint density at radius 3 is 2.37 bits per heavy atom. The molecule has 0 aliphatic carbocycles. The van der Waals surface area contributed by atoms with E-state index in [4.69, 9.17) is 4.74 Å². The second-order valence-electron chi connectivity index (χ2n) is 8.83. The molecule has 5 rings (SSSR count). The first-order chi connectivity index (χ1) is 20.8. The van der Waals surface area contributed by atoms with Crippen molar-refractivity contribution in [2.75, 3.05) is 24.3 Å². The number of methoxy groups -OCH3 is 1. The summed E-state index contributed by atoms with van der Waals surface area (Å²) in [6.45, 7) is 2.78. The van der Waals surface area contributed by atoms with Crippen molar-refractivity contribution in [3.8, 4) is 41.5 Å². The van der Waals surface area contributed by atoms with Crippen molar-refractivity contribution in [2.24, 2.45) is 0 Å². The molecule has 0 bridgehead atoms. The van der Waals surface area contributed by atoms with Gasteiger partial charge >= 0.3 is 6.18 Å². The fraction of sp³-hybridized carbons (Fsp3) is 0.167. The Balaban J connectivity index is 0.00000207. The fourth-order valence-corrected chi connectivity index (χ4v) is 4.11. The van der Waals surface area contributed by atoms with Gasteiger partial charge in [0.2, 0.25) is 5.95 Å². The molecule has 220 valence electrons. The van der Waals surface area contributed by atoms with Crippen LogP contribution in [0.25, 0.3) is 22.9 Å². The van der Waals surface area contributed by atoms with Gasteiger partial charge in [-0.3, -0.25) is 9.36 Å². The van der Waals surface area contributed by atoms with Crippen LogP contribution in [-0.2, 0) is 6.18 Å². The van der Waals surface area contributed by atoms with Crippen molar-refractivity contribution in [2.45, 2.75) is 19.5 Å². The molecule has 0 saturated carbocycles. The van der Waals surface area contributed by atoms with E-state index in [1.165, 1.54) is 31.4 Å². The number of carbonyl (C=O) groups is 1. The smallest absolute Gasteiger partial charge is 0.434 e. The lowest BCUT2D eigenvalue weighted by Gasteiger charge is -2.13. The van der Waals surface area contributed by atoms with Crippen LogP contribution in [0.3, 0.4) is 0 Å². The van der Waals surface area contributed by atoms with E-state index in [1.54, 1.807) is 53.5 Å².